The van der Waals surface area contributed by atoms with Crippen LogP contribution in [0.15, 0.2) is 36.4 Å². The van der Waals surface area contributed by atoms with Crippen molar-refractivity contribution in [2.45, 2.75) is 32.0 Å². The van der Waals surface area contributed by atoms with Crippen molar-refractivity contribution in [3.05, 3.63) is 53.1 Å². The van der Waals surface area contributed by atoms with Crippen molar-refractivity contribution < 1.29 is 19.1 Å². The molecule has 8 nitrogen and oxygen atoms in total. The van der Waals surface area contributed by atoms with Crippen LogP contribution >= 0.6 is 0 Å². The summed E-state index contributed by atoms with van der Waals surface area (Å²) < 4.78 is 5.72. The molecule has 0 saturated carbocycles. The largest absolute Gasteiger partial charge is 0.490 e. The number of carbonyl (C=O) groups excluding carboxylic acids is 3. The summed E-state index contributed by atoms with van der Waals surface area (Å²) in [6, 6.07) is 10.8. The summed E-state index contributed by atoms with van der Waals surface area (Å²) in [5.74, 6) is -0.0179. The number of hydrogen-bond donors (Lipinski definition) is 2. The Hall–Kier alpha value is -3.55. The third-order valence-electron chi connectivity index (χ3n) is 5.90. The molecule has 3 aliphatic heterocycles. The quantitative estimate of drug-likeness (QED) is 0.590. The van der Waals surface area contributed by atoms with E-state index in [-0.39, 0.29) is 18.2 Å². The molecule has 8 heteroatoms. The summed E-state index contributed by atoms with van der Waals surface area (Å²) in [4.78, 5) is 40.3. The van der Waals surface area contributed by atoms with Crippen LogP contribution in [-0.2, 0) is 22.7 Å². The number of imide groups is 1. The number of anilines is 2. The first kappa shape index (κ1) is 18.5. The van der Waals surface area contributed by atoms with E-state index in [9.17, 15) is 14.4 Å². The van der Waals surface area contributed by atoms with Gasteiger partial charge < -0.3 is 20.3 Å². The van der Waals surface area contributed by atoms with Gasteiger partial charge >= 0.3 is 0 Å². The van der Waals surface area contributed by atoms with Crippen molar-refractivity contribution in [1.29, 1.82) is 0 Å². The minimum absolute atomic E-state index is 0.157. The molecule has 1 unspecified atom stereocenters. The van der Waals surface area contributed by atoms with E-state index >= 15 is 0 Å². The number of rotatable bonds is 3. The van der Waals surface area contributed by atoms with E-state index in [4.69, 9.17) is 10.5 Å². The van der Waals surface area contributed by atoms with E-state index in [1.165, 1.54) is 0 Å². The highest BCUT2D eigenvalue weighted by atomic mass is 16.5. The molecular formula is C22H22N4O4. The Labute approximate surface area is 173 Å². The number of benzene rings is 2. The monoisotopic (exact) mass is 406 g/mol. The summed E-state index contributed by atoms with van der Waals surface area (Å²) >= 11 is 0. The molecule has 0 radical (unpaired) electrons. The highest BCUT2D eigenvalue weighted by Crippen LogP contribution is 2.35. The van der Waals surface area contributed by atoms with Gasteiger partial charge in [-0.15, -0.1) is 0 Å². The van der Waals surface area contributed by atoms with Crippen LogP contribution in [0.3, 0.4) is 0 Å². The number of fused-ring (bicyclic) bond motifs is 2. The normalized spacial score (nSPS) is 20.5. The van der Waals surface area contributed by atoms with Gasteiger partial charge in [0.15, 0.2) is 0 Å². The SMILES string of the molecule is Nc1ccc2c(c1)N(Cc1ccc3c(c1)CN(C1CCC(=O)NC1=O)C3=O)CCO2. The third-order valence-corrected chi connectivity index (χ3v) is 5.90. The van der Waals surface area contributed by atoms with Crippen molar-refractivity contribution >= 4 is 29.1 Å². The topological polar surface area (TPSA) is 105 Å². The fourth-order valence-corrected chi connectivity index (χ4v) is 4.40. The molecule has 30 heavy (non-hydrogen) atoms. The van der Waals surface area contributed by atoms with E-state index in [0.29, 0.717) is 37.4 Å². The maximum Gasteiger partial charge on any atom is 0.255 e. The second kappa shape index (κ2) is 7.05. The Morgan fingerprint density at radius 3 is 2.83 bits per heavy atom. The molecule has 0 spiro atoms. The lowest BCUT2D eigenvalue weighted by atomic mass is 10.0. The van der Waals surface area contributed by atoms with E-state index in [1.807, 2.05) is 36.4 Å². The lowest BCUT2D eigenvalue weighted by Gasteiger charge is -2.31. The summed E-state index contributed by atoms with van der Waals surface area (Å²) in [6.45, 7) is 2.39. The molecule has 3 N–H and O–H groups in total. The zero-order chi connectivity index (χ0) is 20.8. The molecule has 3 heterocycles. The molecule has 3 aliphatic rings. The van der Waals surface area contributed by atoms with Gasteiger partial charge in [0.25, 0.3) is 5.91 Å². The lowest BCUT2D eigenvalue weighted by molar-refractivity contribution is -0.136. The fraction of sp³-hybridized carbons (Fsp3) is 0.318. The highest BCUT2D eigenvalue weighted by molar-refractivity contribution is 6.05. The first-order valence-electron chi connectivity index (χ1n) is 10.0. The number of piperidine rings is 1. The third kappa shape index (κ3) is 3.14. The van der Waals surface area contributed by atoms with E-state index < -0.39 is 11.9 Å². The van der Waals surface area contributed by atoms with Crippen molar-refractivity contribution in [1.82, 2.24) is 10.2 Å². The molecule has 0 aliphatic carbocycles. The smallest absolute Gasteiger partial charge is 0.255 e. The van der Waals surface area contributed by atoms with Crippen LogP contribution < -0.4 is 20.7 Å². The number of carbonyl (C=O) groups is 3. The van der Waals surface area contributed by atoms with Crippen LogP contribution in [0.5, 0.6) is 5.75 Å². The summed E-state index contributed by atoms with van der Waals surface area (Å²) in [5, 5.41) is 2.33. The van der Waals surface area contributed by atoms with Gasteiger partial charge in [0.1, 0.15) is 18.4 Å². The highest BCUT2D eigenvalue weighted by Gasteiger charge is 2.39. The Morgan fingerprint density at radius 1 is 1.13 bits per heavy atom. The Morgan fingerprint density at radius 2 is 2.00 bits per heavy atom. The predicted molar refractivity (Wildman–Crippen MR) is 110 cm³/mol. The standard InChI is InChI=1S/C22H22N4O4/c23-15-2-5-19-18(10-15)25(7-8-30-19)11-13-1-3-16-14(9-13)12-26(22(16)29)17-4-6-20(27)24-21(17)28/h1-3,5,9-10,17H,4,6-8,11-12,23H2,(H,24,27,28). The Bertz CT molecular complexity index is 1070. The van der Waals surface area contributed by atoms with Crippen molar-refractivity contribution in [2.24, 2.45) is 0 Å². The molecule has 3 amide bonds. The molecule has 1 saturated heterocycles. The van der Waals surface area contributed by atoms with Gasteiger partial charge in [0.05, 0.1) is 12.2 Å². The van der Waals surface area contributed by atoms with Gasteiger partial charge in [-0.3, -0.25) is 19.7 Å². The number of nitrogens with zero attached hydrogens (tertiary/aromatic N) is 2. The maximum atomic E-state index is 12.8. The second-order valence-corrected chi connectivity index (χ2v) is 7.89. The first-order chi connectivity index (χ1) is 14.5. The van der Waals surface area contributed by atoms with Crippen molar-refractivity contribution in [3.8, 4) is 5.75 Å². The van der Waals surface area contributed by atoms with E-state index in [1.54, 1.807) is 4.90 Å². The number of hydrogen-bond acceptors (Lipinski definition) is 6. The minimum atomic E-state index is -0.597. The van der Waals surface area contributed by atoms with Crippen molar-refractivity contribution in [3.63, 3.8) is 0 Å². The molecule has 1 atom stereocenters. The van der Waals surface area contributed by atoms with Crippen LogP contribution in [0.25, 0.3) is 0 Å². The minimum Gasteiger partial charge on any atom is -0.490 e. The fourth-order valence-electron chi connectivity index (χ4n) is 4.40. The summed E-state index contributed by atoms with van der Waals surface area (Å²) in [6.07, 6.45) is 0.616. The number of nitrogens with two attached hydrogens (primary N) is 1. The molecular weight excluding hydrogens is 384 g/mol. The number of ether oxygens (including phenoxy) is 1. The molecule has 2 aromatic carbocycles. The number of nitrogen functional groups attached to an aromatic ring is 1. The Kier molecular flexibility index (Phi) is 4.34. The van der Waals surface area contributed by atoms with E-state index in [2.05, 4.69) is 10.2 Å². The van der Waals surface area contributed by atoms with Gasteiger partial charge in [-0.25, -0.2) is 0 Å². The van der Waals surface area contributed by atoms with Crippen LogP contribution in [-0.4, -0.2) is 41.8 Å². The van der Waals surface area contributed by atoms with Gasteiger partial charge in [0.2, 0.25) is 11.8 Å². The molecule has 2 aromatic rings. The van der Waals surface area contributed by atoms with Gasteiger partial charge in [-0.2, -0.15) is 0 Å². The van der Waals surface area contributed by atoms with Crippen LogP contribution in [0.4, 0.5) is 11.4 Å². The number of nitrogens with one attached hydrogen (secondary N) is 1. The average molecular weight is 406 g/mol. The summed E-state index contributed by atoms with van der Waals surface area (Å²) in [7, 11) is 0. The summed E-state index contributed by atoms with van der Waals surface area (Å²) in [5.41, 5.74) is 10.2. The van der Waals surface area contributed by atoms with Gasteiger partial charge in [0, 0.05) is 30.8 Å². The molecule has 154 valence electrons. The van der Waals surface area contributed by atoms with Crippen LogP contribution in [0.1, 0.15) is 34.3 Å². The zero-order valence-corrected chi connectivity index (χ0v) is 16.4. The van der Waals surface area contributed by atoms with E-state index in [0.717, 1.165) is 29.1 Å². The molecule has 0 aromatic heterocycles. The first-order valence-corrected chi connectivity index (χ1v) is 10.0. The molecule has 1 fully saturated rings. The van der Waals surface area contributed by atoms with Crippen LogP contribution in [0.2, 0.25) is 0 Å². The average Bonchev–Trinajstić information content (AvgIpc) is 3.04. The molecule has 0 bridgehead atoms. The Balaban J connectivity index is 1.36. The van der Waals surface area contributed by atoms with Gasteiger partial charge in [-0.05, 0) is 41.8 Å². The predicted octanol–water partition coefficient (Wildman–Crippen LogP) is 1.43. The van der Waals surface area contributed by atoms with Gasteiger partial charge in [-0.1, -0.05) is 12.1 Å². The lowest BCUT2D eigenvalue weighted by Crippen LogP contribution is -2.52. The number of amides is 3. The van der Waals surface area contributed by atoms with Crippen LogP contribution in [0, 0.1) is 0 Å². The maximum absolute atomic E-state index is 12.8. The van der Waals surface area contributed by atoms with Crippen molar-refractivity contribution in [2.75, 3.05) is 23.8 Å². The zero-order valence-electron chi connectivity index (χ0n) is 16.4. The molecule has 5 rings (SSSR count). The second-order valence-electron chi connectivity index (χ2n) is 7.89.